The summed E-state index contributed by atoms with van der Waals surface area (Å²) in [5.41, 5.74) is 6.27. The zero-order valence-electron chi connectivity index (χ0n) is 42.1. The first-order valence-electron chi connectivity index (χ1n) is 25.0. The molecule has 73 heavy (non-hydrogen) atoms. The third-order valence-corrected chi connectivity index (χ3v) is 15.9. The number of carbonyl (C=O) groups is 4. The highest BCUT2D eigenvalue weighted by atomic mass is 32.2. The van der Waals surface area contributed by atoms with Crippen molar-refractivity contribution in [2.45, 2.75) is 93.2 Å². The Morgan fingerprint density at radius 3 is 1.27 bits per heavy atom. The van der Waals surface area contributed by atoms with E-state index in [1.165, 1.54) is 11.8 Å². The number of carboxylic acids is 1. The molecule has 3 amide bonds. The standard InChI is InChI=1S/C61H69N3O7S2/c1-43(2)39-52(62-55(67)40-51(65)37-23-24-38-72-60(45-25-11-5-12-26-45,46-27-13-6-14-28-46)47-29-15-7-16-30-47)58(70)63-53(59(71)64-57(44(3)4)54(66)41-56(68)69)42-73-61(48-31-17-8-18-32-48,49-33-19-9-20-34-49)50-35-21-10-22-36-50/h5-23,25-37,43-44,51-54,57,65-66H,24,38-42H2,1-4H3,(H,62,67)(H,63,70)(H,64,71)(H,68,69)/b37-23+/t51-,52-,53-,54+,57-/m1/s1. The molecule has 5 atom stereocenters. The second-order valence-electron chi connectivity index (χ2n) is 19.0. The van der Waals surface area contributed by atoms with Crippen LogP contribution in [0.5, 0.6) is 0 Å². The van der Waals surface area contributed by atoms with E-state index in [0.29, 0.717) is 12.2 Å². The van der Waals surface area contributed by atoms with Crippen LogP contribution in [-0.2, 0) is 28.7 Å². The van der Waals surface area contributed by atoms with Gasteiger partial charge in [0, 0.05) is 5.75 Å². The number of rotatable bonds is 27. The second kappa shape index (κ2) is 27.6. The summed E-state index contributed by atoms with van der Waals surface area (Å²) in [5, 5.41) is 40.4. The fraction of sp³-hybridized carbons (Fsp3) is 0.311. The van der Waals surface area contributed by atoms with Crippen LogP contribution < -0.4 is 16.0 Å². The molecule has 0 fully saturated rings. The van der Waals surface area contributed by atoms with Crippen LogP contribution in [0, 0.1) is 11.8 Å². The Balaban J connectivity index is 1.20. The van der Waals surface area contributed by atoms with Crippen molar-refractivity contribution in [3.05, 3.63) is 228 Å². The van der Waals surface area contributed by atoms with Crippen LogP contribution in [-0.4, -0.2) is 80.8 Å². The normalized spacial score (nSPS) is 14.0. The number of carboxylic acid groups (broad SMARTS) is 1. The molecular weight excluding hydrogens is 951 g/mol. The third-order valence-electron chi connectivity index (χ3n) is 12.7. The lowest BCUT2D eigenvalue weighted by atomic mass is 9.84. The van der Waals surface area contributed by atoms with Crippen LogP contribution >= 0.6 is 23.5 Å². The quantitative estimate of drug-likeness (QED) is 0.0167. The number of aliphatic hydroxyl groups excluding tert-OH is 2. The van der Waals surface area contributed by atoms with Gasteiger partial charge in [0.25, 0.3) is 0 Å². The van der Waals surface area contributed by atoms with Gasteiger partial charge in [-0.2, -0.15) is 0 Å². The Kier molecular flexibility index (Phi) is 21.1. The smallest absolute Gasteiger partial charge is 0.306 e. The van der Waals surface area contributed by atoms with Crippen LogP contribution in [0.4, 0.5) is 0 Å². The van der Waals surface area contributed by atoms with Gasteiger partial charge in [0.05, 0.1) is 40.6 Å². The number of amides is 3. The number of nitrogens with one attached hydrogen (secondary N) is 3. The highest BCUT2D eigenvalue weighted by Gasteiger charge is 2.40. The van der Waals surface area contributed by atoms with Crippen molar-refractivity contribution in [3.63, 3.8) is 0 Å². The highest BCUT2D eigenvalue weighted by Crippen LogP contribution is 2.50. The molecule has 12 heteroatoms. The summed E-state index contributed by atoms with van der Waals surface area (Å²) in [7, 11) is 0. The third kappa shape index (κ3) is 15.1. The van der Waals surface area contributed by atoms with Crippen LogP contribution in [0.25, 0.3) is 0 Å². The van der Waals surface area contributed by atoms with Crippen molar-refractivity contribution in [2.24, 2.45) is 11.8 Å². The van der Waals surface area contributed by atoms with E-state index < -0.39 is 69.9 Å². The summed E-state index contributed by atoms with van der Waals surface area (Å²) in [6, 6.07) is 57.8. The lowest BCUT2D eigenvalue weighted by Crippen LogP contribution is -2.58. The zero-order valence-corrected chi connectivity index (χ0v) is 43.7. The van der Waals surface area contributed by atoms with Gasteiger partial charge in [-0.15, -0.1) is 23.5 Å². The van der Waals surface area contributed by atoms with Gasteiger partial charge in [-0.1, -0.05) is 222 Å². The van der Waals surface area contributed by atoms with E-state index in [9.17, 15) is 34.5 Å². The Morgan fingerprint density at radius 2 is 0.904 bits per heavy atom. The average molecular weight is 1020 g/mol. The summed E-state index contributed by atoms with van der Waals surface area (Å²) in [6.45, 7) is 7.40. The molecule has 0 unspecified atom stereocenters. The predicted molar refractivity (Wildman–Crippen MR) is 296 cm³/mol. The van der Waals surface area contributed by atoms with Gasteiger partial charge < -0.3 is 31.3 Å². The SMILES string of the molecule is CC(C)C[C@@H](NC(=O)C[C@H](O)/C=C/CCSC(c1ccccc1)(c1ccccc1)c1ccccc1)C(=O)N[C@H](CSC(c1ccccc1)(c1ccccc1)c1ccccc1)C(=O)N[C@H](C(C)C)[C@@H](O)CC(=O)O. The Morgan fingerprint density at radius 1 is 0.521 bits per heavy atom. The second-order valence-corrected chi connectivity index (χ2v) is 21.5. The summed E-state index contributed by atoms with van der Waals surface area (Å²) in [6.07, 6.45) is 0.941. The molecule has 0 aliphatic heterocycles. The molecule has 0 saturated heterocycles. The van der Waals surface area contributed by atoms with Gasteiger partial charge in [0.2, 0.25) is 17.7 Å². The van der Waals surface area contributed by atoms with Gasteiger partial charge in [-0.25, -0.2) is 0 Å². The topological polar surface area (TPSA) is 165 Å². The van der Waals surface area contributed by atoms with E-state index in [1.54, 1.807) is 31.7 Å². The number of carbonyl (C=O) groups excluding carboxylic acids is 3. The molecule has 6 N–H and O–H groups in total. The van der Waals surface area contributed by atoms with Crippen molar-refractivity contribution >= 4 is 47.2 Å². The van der Waals surface area contributed by atoms with Gasteiger partial charge in [0.1, 0.15) is 12.1 Å². The maximum absolute atomic E-state index is 14.6. The first-order valence-corrected chi connectivity index (χ1v) is 27.0. The minimum absolute atomic E-state index is 0.0312. The van der Waals surface area contributed by atoms with Crippen molar-refractivity contribution in [1.29, 1.82) is 0 Å². The first kappa shape index (κ1) is 55.9. The number of allylic oxidation sites excluding steroid dienone is 1. The van der Waals surface area contributed by atoms with Crippen LogP contribution in [0.15, 0.2) is 194 Å². The van der Waals surface area contributed by atoms with Crippen LogP contribution in [0.2, 0.25) is 0 Å². The molecule has 0 aliphatic carbocycles. The minimum Gasteiger partial charge on any atom is -0.481 e. The molecule has 0 heterocycles. The molecule has 0 radical (unpaired) electrons. The van der Waals surface area contributed by atoms with Crippen LogP contribution in [0.3, 0.4) is 0 Å². The molecule has 0 aromatic heterocycles. The van der Waals surface area contributed by atoms with E-state index in [4.69, 9.17) is 0 Å². The summed E-state index contributed by atoms with van der Waals surface area (Å²) >= 11 is 3.26. The lowest BCUT2D eigenvalue weighted by molar-refractivity contribution is -0.140. The highest BCUT2D eigenvalue weighted by molar-refractivity contribution is 8.00. The molecule has 0 spiro atoms. The Bertz CT molecular complexity index is 2470. The van der Waals surface area contributed by atoms with Gasteiger partial charge >= 0.3 is 5.97 Å². The monoisotopic (exact) mass is 1020 g/mol. The van der Waals surface area contributed by atoms with Crippen molar-refractivity contribution in [3.8, 4) is 0 Å². The summed E-state index contributed by atoms with van der Waals surface area (Å²) < 4.78 is -1.36. The summed E-state index contributed by atoms with van der Waals surface area (Å²) in [5.74, 6) is -2.64. The van der Waals surface area contributed by atoms with Gasteiger partial charge in [-0.3, -0.25) is 19.2 Å². The predicted octanol–water partition coefficient (Wildman–Crippen LogP) is 10.1. The fourth-order valence-electron chi connectivity index (χ4n) is 9.23. The van der Waals surface area contributed by atoms with Crippen LogP contribution in [0.1, 0.15) is 86.8 Å². The minimum atomic E-state index is -1.40. The Labute approximate surface area is 439 Å². The number of hydrogen-bond acceptors (Lipinski definition) is 8. The maximum Gasteiger partial charge on any atom is 0.306 e. The first-order chi connectivity index (χ1) is 35.2. The number of aliphatic carboxylic acids is 1. The van der Waals surface area contributed by atoms with Crippen molar-refractivity contribution < 1.29 is 34.5 Å². The largest absolute Gasteiger partial charge is 0.481 e. The molecule has 6 aromatic carbocycles. The van der Waals surface area contributed by atoms with E-state index in [-0.39, 0.29) is 30.4 Å². The molecule has 10 nitrogen and oxygen atoms in total. The number of aliphatic hydroxyl groups is 2. The number of hydrogen-bond donors (Lipinski definition) is 6. The van der Waals surface area contributed by atoms with E-state index >= 15 is 0 Å². The molecule has 0 aliphatic rings. The fourth-order valence-corrected chi connectivity index (χ4v) is 12.3. The average Bonchev–Trinajstić information content (AvgIpc) is 3.39. The van der Waals surface area contributed by atoms with E-state index in [0.717, 1.165) is 33.4 Å². The molecule has 0 bridgehead atoms. The van der Waals surface area contributed by atoms with E-state index in [1.807, 2.05) is 129 Å². The molecule has 382 valence electrons. The van der Waals surface area contributed by atoms with Crippen molar-refractivity contribution in [1.82, 2.24) is 16.0 Å². The maximum atomic E-state index is 14.6. The molecular formula is C61H69N3O7S2. The number of benzene rings is 6. The van der Waals surface area contributed by atoms with Gasteiger partial charge in [0.15, 0.2) is 0 Å². The van der Waals surface area contributed by atoms with Crippen molar-refractivity contribution in [2.75, 3.05) is 11.5 Å². The molecule has 0 saturated carbocycles. The van der Waals surface area contributed by atoms with Gasteiger partial charge in [-0.05, 0) is 63.8 Å². The van der Waals surface area contributed by atoms with E-state index in [2.05, 4.69) is 88.7 Å². The summed E-state index contributed by atoms with van der Waals surface area (Å²) in [4.78, 5) is 54.6. The zero-order chi connectivity index (χ0) is 52.2. The molecule has 6 aromatic rings. The lowest BCUT2D eigenvalue weighted by Gasteiger charge is -2.37. The number of thioether (sulfide) groups is 2. The molecule has 6 rings (SSSR count). The Hall–Kier alpha value is -6.44.